The van der Waals surface area contributed by atoms with Crippen molar-refractivity contribution >= 4 is 29.1 Å². The average Bonchev–Trinajstić information content (AvgIpc) is 2.20. The van der Waals surface area contributed by atoms with Crippen molar-refractivity contribution in [3.05, 3.63) is 23.2 Å². The Hall–Kier alpha value is -1.06. The predicted molar refractivity (Wildman–Crippen MR) is 61.7 cm³/mol. The van der Waals surface area contributed by atoms with Crippen molar-refractivity contribution < 1.29 is 13.2 Å². The van der Waals surface area contributed by atoms with E-state index in [2.05, 4.69) is 0 Å². The lowest BCUT2D eigenvalue weighted by atomic mass is 10.2. The Morgan fingerprint density at radius 2 is 2.12 bits per heavy atom. The van der Waals surface area contributed by atoms with Crippen LogP contribution in [0, 0.1) is 17.2 Å². The molecule has 0 aliphatic carbocycles. The number of alkyl halides is 3. The second-order valence-corrected chi connectivity index (χ2v) is 4.63. The Bertz CT molecular complexity index is 422. The Morgan fingerprint density at radius 3 is 2.59 bits per heavy atom. The Kier molecular flexibility index (Phi) is 4.54. The molecule has 17 heavy (non-hydrogen) atoms. The van der Waals surface area contributed by atoms with E-state index in [0.717, 1.165) is 11.8 Å². The maximum absolute atomic E-state index is 12.3. The fourth-order valence-electron chi connectivity index (χ4n) is 1.05. The highest BCUT2D eigenvalue weighted by Crippen LogP contribution is 2.36. The number of nitrogens with two attached hydrogens (primary N) is 1. The van der Waals surface area contributed by atoms with E-state index in [0.29, 0.717) is 10.6 Å². The molecule has 0 spiro atoms. The van der Waals surface area contributed by atoms with Crippen molar-refractivity contribution in [3.8, 4) is 6.07 Å². The topological polar surface area (TPSA) is 49.8 Å². The van der Waals surface area contributed by atoms with E-state index in [1.165, 1.54) is 12.1 Å². The van der Waals surface area contributed by atoms with Crippen LogP contribution in [0.1, 0.15) is 0 Å². The summed E-state index contributed by atoms with van der Waals surface area (Å²) in [6.07, 6.45) is -4.53. The highest BCUT2D eigenvalue weighted by Gasteiger charge is 2.39. The number of rotatable bonds is 3. The molecule has 2 N–H and O–H groups in total. The number of thioether (sulfide) groups is 1. The quantitative estimate of drug-likeness (QED) is 0.678. The molecule has 1 atom stereocenters. The van der Waals surface area contributed by atoms with Crippen LogP contribution >= 0.6 is 23.4 Å². The third-order valence-electron chi connectivity index (χ3n) is 1.94. The van der Waals surface area contributed by atoms with Crippen LogP contribution in [-0.2, 0) is 0 Å². The maximum Gasteiger partial charge on any atom is 0.405 e. The number of benzene rings is 1. The number of hydrogen-bond donors (Lipinski definition) is 1. The Morgan fingerprint density at radius 1 is 1.47 bits per heavy atom. The summed E-state index contributed by atoms with van der Waals surface area (Å²) in [5, 5.41) is 8.72. The number of halogens is 4. The SMILES string of the molecule is N#CC(CSc1c(N)cccc1Cl)C(F)(F)F. The van der Waals surface area contributed by atoms with Crippen molar-refractivity contribution in [1.29, 1.82) is 5.26 Å². The van der Waals surface area contributed by atoms with Gasteiger partial charge in [-0.15, -0.1) is 11.8 Å². The standard InChI is InChI=1S/C10H8ClF3N2S/c11-7-2-1-3-8(16)9(7)17-5-6(4-15)10(12,13)14/h1-3,6H,5,16H2. The number of nitrogen functional groups attached to an aromatic ring is 1. The van der Waals surface area contributed by atoms with E-state index in [9.17, 15) is 13.2 Å². The summed E-state index contributed by atoms with van der Waals surface area (Å²) >= 11 is 6.64. The van der Waals surface area contributed by atoms with Crippen molar-refractivity contribution in [2.24, 2.45) is 5.92 Å². The van der Waals surface area contributed by atoms with Gasteiger partial charge >= 0.3 is 6.18 Å². The van der Waals surface area contributed by atoms with Gasteiger partial charge in [0.1, 0.15) is 0 Å². The monoisotopic (exact) mass is 280 g/mol. The Labute approximate surface area is 106 Å². The molecule has 1 unspecified atom stereocenters. The van der Waals surface area contributed by atoms with Crippen LogP contribution in [0.5, 0.6) is 0 Å². The van der Waals surface area contributed by atoms with Crippen molar-refractivity contribution in [2.75, 3.05) is 11.5 Å². The molecule has 7 heteroatoms. The molecule has 2 nitrogen and oxygen atoms in total. The largest absolute Gasteiger partial charge is 0.405 e. The molecule has 0 fully saturated rings. The number of hydrogen-bond acceptors (Lipinski definition) is 3. The minimum absolute atomic E-state index is 0.286. The smallest absolute Gasteiger partial charge is 0.398 e. The second kappa shape index (κ2) is 5.52. The number of nitrogens with zero attached hydrogens (tertiary/aromatic N) is 1. The molecule has 0 bridgehead atoms. The van der Waals surface area contributed by atoms with Crippen molar-refractivity contribution in [1.82, 2.24) is 0 Å². The van der Waals surface area contributed by atoms with Crippen LogP contribution in [0.25, 0.3) is 0 Å². The van der Waals surface area contributed by atoms with Crippen LogP contribution in [0.4, 0.5) is 18.9 Å². The van der Waals surface area contributed by atoms with E-state index in [-0.39, 0.29) is 5.02 Å². The summed E-state index contributed by atoms with van der Waals surface area (Å²) in [6.45, 7) is 0. The first-order valence-corrected chi connectivity index (χ1v) is 5.85. The summed E-state index contributed by atoms with van der Waals surface area (Å²) in [4.78, 5) is 0.374. The average molecular weight is 281 g/mol. The highest BCUT2D eigenvalue weighted by atomic mass is 35.5. The van der Waals surface area contributed by atoms with Crippen LogP contribution in [0.2, 0.25) is 5.02 Å². The molecule has 0 aliphatic rings. The first-order valence-electron chi connectivity index (χ1n) is 4.49. The molecule has 0 aliphatic heterocycles. The molecule has 0 amide bonds. The Balaban J connectivity index is 2.78. The molecule has 0 saturated heterocycles. The van der Waals surface area contributed by atoms with Crippen LogP contribution in [0.3, 0.4) is 0 Å². The lowest BCUT2D eigenvalue weighted by molar-refractivity contribution is -0.152. The zero-order chi connectivity index (χ0) is 13.1. The molecule has 1 aromatic rings. The van der Waals surface area contributed by atoms with Crippen LogP contribution < -0.4 is 5.73 Å². The van der Waals surface area contributed by atoms with Gasteiger partial charge in [0.25, 0.3) is 0 Å². The van der Waals surface area contributed by atoms with E-state index >= 15 is 0 Å². The summed E-state index contributed by atoms with van der Waals surface area (Å²) < 4.78 is 37.0. The highest BCUT2D eigenvalue weighted by molar-refractivity contribution is 7.99. The maximum atomic E-state index is 12.3. The van der Waals surface area contributed by atoms with E-state index in [4.69, 9.17) is 22.6 Å². The molecule has 0 radical (unpaired) electrons. The van der Waals surface area contributed by atoms with Crippen molar-refractivity contribution in [3.63, 3.8) is 0 Å². The lowest BCUT2D eigenvalue weighted by Crippen LogP contribution is -2.23. The van der Waals surface area contributed by atoms with Gasteiger partial charge in [-0.25, -0.2) is 0 Å². The van der Waals surface area contributed by atoms with Gasteiger partial charge in [0, 0.05) is 16.3 Å². The van der Waals surface area contributed by atoms with Crippen LogP contribution in [0.15, 0.2) is 23.1 Å². The molecular weight excluding hydrogens is 273 g/mol. The normalized spacial score (nSPS) is 13.1. The third-order valence-corrected chi connectivity index (χ3v) is 3.61. The van der Waals surface area contributed by atoms with Gasteiger partial charge < -0.3 is 5.73 Å². The summed E-state index contributed by atoms with van der Waals surface area (Å²) in [5.41, 5.74) is 5.90. The van der Waals surface area contributed by atoms with E-state index in [1.807, 2.05) is 0 Å². The first kappa shape index (κ1) is 14.0. The number of nitriles is 1. The van der Waals surface area contributed by atoms with Crippen LogP contribution in [-0.4, -0.2) is 11.9 Å². The molecule has 1 aromatic carbocycles. The minimum atomic E-state index is -4.53. The zero-order valence-corrected chi connectivity index (χ0v) is 10.0. The van der Waals surface area contributed by atoms with Gasteiger partial charge in [-0.1, -0.05) is 17.7 Å². The van der Waals surface area contributed by atoms with Crippen molar-refractivity contribution in [2.45, 2.75) is 11.1 Å². The summed E-state index contributed by atoms with van der Waals surface area (Å²) in [6, 6.07) is 5.91. The van der Waals surface area contributed by atoms with Gasteiger partial charge in [0.2, 0.25) is 0 Å². The molecule has 92 valence electrons. The predicted octanol–water partition coefficient (Wildman–Crippen LogP) is 3.72. The van der Waals surface area contributed by atoms with Gasteiger partial charge in [-0.05, 0) is 12.1 Å². The molecule has 1 rings (SSSR count). The molecular formula is C10H8ClF3N2S. The molecule has 0 heterocycles. The summed E-state index contributed by atoms with van der Waals surface area (Å²) in [7, 11) is 0. The molecule has 0 aromatic heterocycles. The first-order chi connectivity index (χ1) is 7.86. The molecule has 0 saturated carbocycles. The van der Waals surface area contributed by atoms with Gasteiger partial charge in [-0.2, -0.15) is 18.4 Å². The fourth-order valence-corrected chi connectivity index (χ4v) is 2.43. The minimum Gasteiger partial charge on any atom is -0.398 e. The van der Waals surface area contributed by atoms with E-state index in [1.54, 1.807) is 12.1 Å². The zero-order valence-electron chi connectivity index (χ0n) is 8.46. The third kappa shape index (κ3) is 3.72. The van der Waals surface area contributed by atoms with Gasteiger partial charge in [0.05, 0.1) is 11.1 Å². The second-order valence-electron chi connectivity index (χ2n) is 3.19. The fraction of sp³-hybridized carbons (Fsp3) is 0.300. The summed E-state index contributed by atoms with van der Waals surface area (Å²) in [5.74, 6) is -2.45. The van der Waals surface area contributed by atoms with E-state index < -0.39 is 17.8 Å². The van der Waals surface area contributed by atoms with Gasteiger partial charge in [-0.3, -0.25) is 0 Å². The number of anilines is 1. The van der Waals surface area contributed by atoms with Gasteiger partial charge in [0.15, 0.2) is 5.92 Å². The lowest BCUT2D eigenvalue weighted by Gasteiger charge is -2.13.